The summed E-state index contributed by atoms with van der Waals surface area (Å²) in [5.74, 6) is 0.933. The molecule has 1 amide bonds. The van der Waals surface area contributed by atoms with Crippen LogP contribution in [0.4, 0.5) is 0 Å². The van der Waals surface area contributed by atoms with E-state index in [0.29, 0.717) is 23.8 Å². The number of benzene rings is 1. The largest absolute Gasteiger partial charge is 0.497 e. The molecule has 0 fully saturated rings. The maximum atomic E-state index is 12.0. The highest BCUT2D eigenvalue weighted by Gasteiger charge is 2.11. The molecule has 1 atom stereocenters. The first-order valence-electron chi connectivity index (χ1n) is 6.31. The van der Waals surface area contributed by atoms with Crippen molar-refractivity contribution in [1.82, 2.24) is 5.32 Å². The number of rotatable bonds is 7. The van der Waals surface area contributed by atoms with Crippen LogP contribution in [-0.2, 0) is 0 Å². The van der Waals surface area contributed by atoms with Crippen molar-refractivity contribution in [3.8, 4) is 5.75 Å². The molecule has 1 unspecified atom stereocenters. The maximum absolute atomic E-state index is 12.0. The van der Waals surface area contributed by atoms with Crippen molar-refractivity contribution in [3.63, 3.8) is 0 Å². The molecule has 1 aromatic rings. The third-order valence-electron chi connectivity index (χ3n) is 2.96. The summed E-state index contributed by atoms with van der Waals surface area (Å²) in [6.45, 7) is 2.85. The van der Waals surface area contributed by atoms with E-state index in [0.717, 1.165) is 17.3 Å². The highest BCUT2D eigenvalue weighted by Crippen LogP contribution is 2.22. The molecular formula is C14H20BrNO3. The number of aliphatic hydroxyl groups excluding tert-OH is 1. The van der Waals surface area contributed by atoms with Gasteiger partial charge >= 0.3 is 0 Å². The van der Waals surface area contributed by atoms with E-state index >= 15 is 0 Å². The predicted molar refractivity (Wildman–Crippen MR) is 78.5 cm³/mol. The van der Waals surface area contributed by atoms with Crippen LogP contribution in [0.25, 0.3) is 0 Å². The van der Waals surface area contributed by atoms with Gasteiger partial charge in [-0.2, -0.15) is 0 Å². The van der Waals surface area contributed by atoms with E-state index in [1.54, 1.807) is 25.3 Å². The summed E-state index contributed by atoms with van der Waals surface area (Å²) >= 11 is 3.36. The zero-order valence-electron chi connectivity index (χ0n) is 11.3. The Labute approximate surface area is 122 Å². The number of aliphatic hydroxyl groups is 1. The zero-order valence-corrected chi connectivity index (χ0v) is 12.9. The van der Waals surface area contributed by atoms with E-state index in [1.807, 2.05) is 0 Å². The summed E-state index contributed by atoms with van der Waals surface area (Å²) < 4.78 is 5.85. The second-order valence-corrected chi connectivity index (χ2v) is 5.36. The Bertz CT molecular complexity index is 423. The van der Waals surface area contributed by atoms with Gasteiger partial charge in [-0.25, -0.2) is 0 Å². The summed E-state index contributed by atoms with van der Waals surface area (Å²) in [7, 11) is 1.57. The molecule has 0 aliphatic heterocycles. The van der Waals surface area contributed by atoms with Crippen LogP contribution < -0.4 is 10.1 Å². The van der Waals surface area contributed by atoms with Crippen LogP contribution in [0.5, 0.6) is 5.75 Å². The topological polar surface area (TPSA) is 58.6 Å². The molecule has 0 spiro atoms. The fraction of sp³-hybridized carbons (Fsp3) is 0.500. The standard InChI is InChI=1S/C14H20BrNO3/c1-10(6-8-17)5-7-16-14(18)12-9-11(19-2)3-4-13(12)15/h3-4,9-10,17H,5-8H2,1-2H3,(H,16,18). The van der Waals surface area contributed by atoms with Gasteiger partial charge in [0, 0.05) is 17.6 Å². The Morgan fingerprint density at radius 1 is 1.47 bits per heavy atom. The fourth-order valence-electron chi connectivity index (χ4n) is 1.70. The maximum Gasteiger partial charge on any atom is 0.252 e. The highest BCUT2D eigenvalue weighted by molar-refractivity contribution is 9.10. The summed E-state index contributed by atoms with van der Waals surface area (Å²) in [6, 6.07) is 5.29. The molecule has 1 rings (SSSR count). The first-order chi connectivity index (χ1) is 9.08. The van der Waals surface area contributed by atoms with Crippen LogP contribution in [0, 0.1) is 5.92 Å². The van der Waals surface area contributed by atoms with Crippen LogP contribution in [0.2, 0.25) is 0 Å². The van der Waals surface area contributed by atoms with E-state index in [2.05, 4.69) is 28.2 Å². The van der Waals surface area contributed by atoms with Crippen molar-refractivity contribution < 1.29 is 14.6 Å². The number of methoxy groups -OCH3 is 1. The van der Waals surface area contributed by atoms with Gasteiger partial charge in [0.25, 0.3) is 5.91 Å². The molecule has 4 nitrogen and oxygen atoms in total. The zero-order chi connectivity index (χ0) is 14.3. The molecule has 0 saturated carbocycles. The molecule has 0 heterocycles. The minimum absolute atomic E-state index is 0.123. The van der Waals surface area contributed by atoms with Crippen LogP contribution in [0.15, 0.2) is 22.7 Å². The van der Waals surface area contributed by atoms with Crippen LogP contribution >= 0.6 is 15.9 Å². The number of ether oxygens (including phenoxy) is 1. The Morgan fingerprint density at radius 3 is 2.84 bits per heavy atom. The smallest absolute Gasteiger partial charge is 0.252 e. The Balaban J connectivity index is 2.53. The second-order valence-electron chi connectivity index (χ2n) is 4.51. The van der Waals surface area contributed by atoms with Crippen molar-refractivity contribution in [3.05, 3.63) is 28.2 Å². The predicted octanol–water partition coefficient (Wildman–Crippen LogP) is 2.60. The Hall–Kier alpha value is -1.07. The molecule has 0 radical (unpaired) electrons. The Kier molecular flexibility index (Phi) is 6.87. The van der Waals surface area contributed by atoms with Gasteiger partial charge in [0.2, 0.25) is 0 Å². The van der Waals surface area contributed by atoms with Crippen molar-refractivity contribution >= 4 is 21.8 Å². The van der Waals surface area contributed by atoms with Crippen LogP contribution in [0.3, 0.4) is 0 Å². The first-order valence-corrected chi connectivity index (χ1v) is 7.10. The average molecular weight is 330 g/mol. The number of hydrogen-bond acceptors (Lipinski definition) is 3. The van der Waals surface area contributed by atoms with Gasteiger partial charge in [0.1, 0.15) is 5.75 Å². The molecule has 19 heavy (non-hydrogen) atoms. The molecule has 0 aromatic heterocycles. The lowest BCUT2D eigenvalue weighted by molar-refractivity contribution is 0.0950. The van der Waals surface area contributed by atoms with Crippen molar-refractivity contribution in [2.24, 2.45) is 5.92 Å². The average Bonchev–Trinajstić information content (AvgIpc) is 2.39. The Morgan fingerprint density at radius 2 is 2.21 bits per heavy atom. The molecule has 1 aromatic carbocycles. The van der Waals surface area contributed by atoms with E-state index in [4.69, 9.17) is 9.84 Å². The third-order valence-corrected chi connectivity index (χ3v) is 3.65. The molecule has 0 aliphatic carbocycles. The van der Waals surface area contributed by atoms with Crippen molar-refractivity contribution in [1.29, 1.82) is 0 Å². The van der Waals surface area contributed by atoms with Gasteiger partial charge in [-0.15, -0.1) is 0 Å². The quantitative estimate of drug-likeness (QED) is 0.808. The van der Waals surface area contributed by atoms with Gasteiger partial charge in [0.15, 0.2) is 0 Å². The molecule has 5 heteroatoms. The molecule has 2 N–H and O–H groups in total. The normalized spacial score (nSPS) is 12.0. The van der Waals surface area contributed by atoms with Gasteiger partial charge in [0.05, 0.1) is 12.7 Å². The van der Waals surface area contributed by atoms with Gasteiger partial charge in [-0.05, 0) is 52.9 Å². The molecule has 0 aliphatic rings. The van der Waals surface area contributed by atoms with E-state index < -0.39 is 0 Å². The first kappa shape index (κ1) is 16.0. The number of carbonyl (C=O) groups excluding carboxylic acids is 1. The number of nitrogens with one attached hydrogen (secondary N) is 1. The second kappa shape index (κ2) is 8.17. The summed E-state index contributed by atoms with van der Waals surface area (Å²) in [4.78, 5) is 12.0. The van der Waals surface area contributed by atoms with E-state index in [1.165, 1.54) is 0 Å². The monoisotopic (exact) mass is 329 g/mol. The number of hydrogen-bond donors (Lipinski definition) is 2. The minimum atomic E-state index is -0.123. The van der Waals surface area contributed by atoms with Crippen LogP contribution in [0.1, 0.15) is 30.1 Å². The summed E-state index contributed by atoms with van der Waals surface area (Å²) in [6.07, 6.45) is 1.62. The van der Waals surface area contributed by atoms with Crippen molar-refractivity contribution in [2.75, 3.05) is 20.3 Å². The number of amides is 1. The number of carbonyl (C=O) groups is 1. The lowest BCUT2D eigenvalue weighted by atomic mass is 10.0. The molecular weight excluding hydrogens is 310 g/mol. The minimum Gasteiger partial charge on any atom is -0.497 e. The van der Waals surface area contributed by atoms with E-state index in [9.17, 15) is 4.79 Å². The lowest BCUT2D eigenvalue weighted by Crippen LogP contribution is -2.26. The molecule has 0 saturated heterocycles. The summed E-state index contributed by atoms with van der Waals surface area (Å²) in [5.41, 5.74) is 0.564. The molecule has 106 valence electrons. The SMILES string of the molecule is COc1ccc(Br)c(C(=O)NCCC(C)CCO)c1. The highest BCUT2D eigenvalue weighted by atomic mass is 79.9. The van der Waals surface area contributed by atoms with Crippen LogP contribution in [-0.4, -0.2) is 31.3 Å². The van der Waals surface area contributed by atoms with Gasteiger partial charge < -0.3 is 15.2 Å². The fourth-order valence-corrected chi connectivity index (χ4v) is 2.12. The van der Waals surface area contributed by atoms with Gasteiger partial charge in [-0.1, -0.05) is 6.92 Å². The summed E-state index contributed by atoms with van der Waals surface area (Å²) in [5, 5.41) is 11.7. The third kappa shape index (κ3) is 5.20. The lowest BCUT2D eigenvalue weighted by Gasteiger charge is -2.11. The van der Waals surface area contributed by atoms with Gasteiger partial charge in [-0.3, -0.25) is 4.79 Å². The number of halogens is 1. The van der Waals surface area contributed by atoms with Crippen molar-refractivity contribution in [2.45, 2.75) is 19.8 Å². The molecule has 0 bridgehead atoms. The van der Waals surface area contributed by atoms with E-state index in [-0.39, 0.29) is 12.5 Å².